The van der Waals surface area contributed by atoms with Crippen LogP contribution >= 0.6 is 0 Å². The molecule has 0 aliphatic heterocycles. The predicted octanol–water partition coefficient (Wildman–Crippen LogP) is 3.75. The number of benzene rings is 1. The number of fused-ring (bicyclic) bond motifs is 1. The molecule has 0 spiro atoms. The quantitative estimate of drug-likeness (QED) is 0.871. The monoisotopic (exact) mass is 268 g/mol. The molecule has 0 bridgehead atoms. The molecule has 0 atom stereocenters. The number of rotatable bonds is 3. The molecule has 5 heteroatoms. The van der Waals surface area contributed by atoms with E-state index in [9.17, 15) is 13.2 Å². The average Bonchev–Trinajstić information content (AvgIpc) is 3.06. The maximum Gasteiger partial charge on any atom is 0.431 e. The molecular formula is C14H15F3N2. The van der Waals surface area contributed by atoms with E-state index in [-0.39, 0.29) is 6.54 Å². The van der Waals surface area contributed by atoms with Crippen molar-refractivity contribution in [2.24, 2.45) is 0 Å². The largest absolute Gasteiger partial charge is 0.431 e. The summed E-state index contributed by atoms with van der Waals surface area (Å²) in [6.07, 6.45) is -2.22. The van der Waals surface area contributed by atoms with Gasteiger partial charge in [0.15, 0.2) is 0 Å². The molecule has 1 aromatic carbocycles. The van der Waals surface area contributed by atoms with Gasteiger partial charge in [0.05, 0.1) is 0 Å². The van der Waals surface area contributed by atoms with Gasteiger partial charge in [0.2, 0.25) is 0 Å². The van der Waals surface area contributed by atoms with E-state index in [1.54, 1.807) is 12.1 Å². The molecule has 1 aliphatic rings. The lowest BCUT2D eigenvalue weighted by Crippen LogP contribution is -2.18. The smallest absolute Gasteiger partial charge is 0.351 e. The Balaban J connectivity index is 2.07. The average molecular weight is 268 g/mol. The SMILES string of the molecule is Cc1ccc2c(CNC3CC3)c(C(F)(F)F)[nH]c2c1. The highest BCUT2D eigenvalue weighted by Crippen LogP contribution is 2.36. The molecule has 19 heavy (non-hydrogen) atoms. The second kappa shape index (κ2) is 4.27. The van der Waals surface area contributed by atoms with Crippen molar-refractivity contribution >= 4 is 10.9 Å². The van der Waals surface area contributed by atoms with Crippen LogP contribution in [0.2, 0.25) is 0 Å². The number of aromatic amines is 1. The highest BCUT2D eigenvalue weighted by Gasteiger charge is 2.36. The minimum atomic E-state index is -4.34. The number of hydrogen-bond acceptors (Lipinski definition) is 1. The zero-order chi connectivity index (χ0) is 13.6. The first-order valence-corrected chi connectivity index (χ1v) is 6.37. The van der Waals surface area contributed by atoms with Gasteiger partial charge in [-0.1, -0.05) is 12.1 Å². The number of hydrogen-bond donors (Lipinski definition) is 2. The van der Waals surface area contributed by atoms with Crippen LogP contribution in [-0.2, 0) is 12.7 Å². The maximum absolute atomic E-state index is 13.1. The first-order valence-electron chi connectivity index (χ1n) is 6.37. The molecule has 2 N–H and O–H groups in total. The molecule has 0 radical (unpaired) electrons. The minimum Gasteiger partial charge on any atom is -0.351 e. The number of aromatic nitrogens is 1. The van der Waals surface area contributed by atoms with Gasteiger partial charge >= 0.3 is 6.18 Å². The Labute approximate surface area is 109 Å². The van der Waals surface area contributed by atoms with Crippen molar-refractivity contribution in [3.8, 4) is 0 Å². The van der Waals surface area contributed by atoms with Crippen LogP contribution in [0.25, 0.3) is 10.9 Å². The second-order valence-electron chi connectivity index (χ2n) is 5.18. The first-order chi connectivity index (χ1) is 8.95. The first kappa shape index (κ1) is 12.5. The molecule has 2 aromatic rings. The molecule has 0 saturated heterocycles. The van der Waals surface area contributed by atoms with Crippen LogP contribution in [0.1, 0.15) is 29.7 Å². The summed E-state index contributed by atoms with van der Waals surface area (Å²) in [5.74, 6) is 0. The highest BCUT2D eigenvalue weighted by atomic mass is 19.4. The van der Waals surface area contributed by atoms with E-state index in [4.69, 9.17) is 0 Å². The van der Waals surface area contributed by atoms with Crippen molar-refractivity contribution in [1.29, 1.82) is 0 Å². The van der Waals surface area contributed by atoms with E-state index in [1.165, 1.54) is 0 Å². The summed E-state index contributed by atoms with van der Waals surface area (Å²) in [4.78, 5) is 2.52. The molecule has 3 rings (SSSR count). The highest BCUT2D eigenvalue weighted by molar-refractivity contribution is 5.85. The van der Waals surface area contributed by atoms with Crippen molar-refractivity contribution in [2.45, 2.75) is 38.5 Å². The molecule has 1 aliphatic carbocycles. The Bertz CT molecular complexity index is 609. The molecule has 1 saturated carbocycles. The Hall–Kier alpha value is -1.49. The Morgan fingerprint density at radius 1 is 1.32 bits per heavy atom. The number of H-pyrrole nitrogens is 1. The van der Waals surface area contributed by atoms with Crippen molar-refractivity contribution in [2.75, 3.05) is 0 Å². The summed E-state index contributed by atoms with van der Waals surface area (Å²) in [6, 6.07) is 5.75. The number of aryl methyl sites for hydroxylation is 1. The third kappa shape index (κ3) is 2.47. The topological polar surface area (TPSA) is 27.8 Å². The van der Waals surface area contributed by atoms with Gasteiger partial charge in [-0.05, 0) is 31.4 Å². The summed E-state index contributed by atoms with van der Waals surface area (Å²) in [5, 5.41) is 3.82. The molecule has 1 heterocycles. The second-order valence-corrected chi connectivity index (χ2v) is 5.18. The summed E-state index contributed by atoms with van der Waals surface area (Å²) < 4.78 is 39.2. The van der Waals surface area contributed by atoms with Gasteiger partial charge < -0.3 is 10.3 Å². The summed E-state index contributed by atoms with van der Waals surface area (Å²) >= 11 is 0. The molecular weight excluding hydrogens is 253 g/mol. The molecule has 1 aromatic heterocycles. The number of nitrogens with one attached hydrogen (secondary N) is 2. The fourth-order valence-corrected chi connectivity index (χ4v) is 2.33. The van der Waals surface area contributed by atoms with E-state index in [0.29, 0.717) is 22.5 Å². The summed E-state index contributed by atoms with van der Waals surface area (Å²) in [7, 11) is 0. The fourth-order valence-electron chi connectivity index (χ4n) is 2.33. The van der Waals surface area contributed by atoms with Crippen LogP contribution in [-0.4, -0.2) is 11.0 Å². The lowest BCUT2D eigenvalue weighted by Gasteiger charge is -2.09. The summed E-state index contributed by atoms with van der Waals surface area (Å²) in [5.41, 5.74) is 1.21. The predicted molar refractivity (Wildman–Crippen MR) is 67.9 cm³/mol. The number of alkyl halides is 3. The van der Waals surface area contributed by atoms with Crippen LogP contribution in [0.5, 0.6) is 0 Å². The van der Waals surface area contributed by atoms with Gasteiger partial charge in [0, 0.05) is 29.1 Å². The molecule has 0 unspecified atom stereocenters. The normalized spacial score (nSPS) is 16.2. The Morgan fingerprint density at radius 2 is 2.05 bits per heavy atom. The standard InChI is InChI=1S/C14H15F3N2/c1-8-2-5-10-11(7-18-9-3-4-9)13(14(15,16)17)19-12(10)6-8/h2,5-6,9,18-19H,3-4,7H2,1H3. The Morgan fingerprint density at radius 3 is 2.68 bits per heavy atom. The van der Waals surface area contributed by atoms with Crippen molar-refractivity contribution in [3.05, 3.63) is 35.0 Å². The zero-order valence-corrected chi connectivity index (χ0v) is 10.6. The van der Waals surface area contributed by atoms with Gasteiger partial charge in [0.1, 0.15) is 5.69 Å². The van der Waals surface area contributed by atoms with Gasteiger partial charge in [0.25, 0.3) is 0 Å². The van der Waals surface area contributed by atoms with Crippen molar-refractivity contribution in [1.82, 2.24) is 10.3 Å². The van der Waals surface area contributed by atoms with E-state index < -0.39 is 11.9 Å². The minimum absolute atomic E-state index is 0.266. The van der Waals surface area contributed by atoms with Crippen LogP contribution in [0.15, 0.2) is 18.2 Å². The molecule has 1 fully saturated rings. The van der Waals surface area contributed by atoms with Crippen LogP contribution in [0, 0.1) is 6.92 Å². The lowest BCUT2D eigenvalue weighted by molar-refractivity contribution is -0.141. The van der Waals surface area contributed by atoms with Gasteiger partial charge in [-0.25, -0.2) is 0 Å². The zero-order valence-electron chi connectivity index (χ0n) is 10.6. The third-order valence-corrected chi connectivity index (χ3v) is 3.49. The Kier molecular flexibility index (Phi) is 2.82. The van der Waals surface area contributed by atoms with E-state index in [0.717, 1.165) is 18.4 Å². The van der Waals surface area contributed by atoms with Gasteiger partial charge in [-0.2, -0.15) is 13.2 Å². The molecule has 102 valence electrons. The summed E-state index contributed by atoms with van der Waals surface area (Å²) in [6.45, 7) is 2.14. The molecule has 2 nitrogen and oxygen atoms in total. The fraction of sp³-hybridized carbons (Fsp3) is 0.429. The number of halogens is 3. The van der Waals surface area contributed by atoms with Gasteiger partial charge in [-0.3, -0.25) is 0 Å². The third-order valence-electron chi connectivity index (χ3n) is 3.49. The van der Waals surface area contributed by atoms with Crippen LogP contribution < -0.4 is 5.32 Å². The van der Waals surface area contributed by atoms with Crippen LogP contribution in [0.3, 0.4) is 0 Å². The van der Waals surface area contributed by atoms with E-state index >= 15 is 0 Å². The van der Waals surface area contributed by atoms with Crippen LogP contribution in [0.4, 0.5) is 13.2 Å². The van der Waals surface area contributed by atoms with Crippen molar-refractivity contribution in [3.63, 3.8) is 0 Å². The lowest BCUT2D eigenvalue weighted by atomic mass is 10.1. The molecule has 0 amide bonds. The maximum atomic E-state index is 13.1. The van der Waals surface area contributed by atoms with Crippen molar-refractivity contribution < 1.29 is 13.2 Å². The van der Waals surface area contributed by atoms with Gasteiger partial charge in [-0.15, -0.1) is 0 Å². The van der Waals surface area contributed by atoms with E-state index in [1.807, 2.05) is 13.0 Å². The van der Waals surface area contributed by atoms with E-state index in [2.05, 4.69) is 10.3 Å².